The number of nitrogens with zero attached hydrogens (tertiary/aromatic N) is 1. The number of ether oxygens (including phenoxy) is 1. The second kappa shape index (κ2) is 8.36. The molecular weight excluding hydrogens is 332 g/mol. The van der Waals surface area contributed by atoms with Crippen LogP contribution in [0.5, 0.6) is 5.75 Å². The third kappa shape index (κ3) is 4.43. The van der Waals surface area contributed by atoms with Crippen molar-refractivity contribution in [2.75, 3.05) is 27.2 Å². The molecule has 1 amide bonds. The van der Waals surface area contributed by atoms with Gasteiger partial charge in [0, 0.05) is 23.1 Å². The molecule has 0 spiro atoms. The van der Waals surface area contributed by atoms with Crippen LogP contribution in [0.2, 0.25) is 0 Å². The molecule has 0 aliphatic heterocycles. The highest BCUT2D eigenvalue weighted by molar-refractivity contribution is 5.86. The van der Waals surface area contributed by atoms with Crippen LogP contribution in [0.15, 0.2) is 21.3 Å². The van der Waals surface area contributed by atoms with Gasteiger partial charge in [-0.15, -0.1) is 0 Å². The lowest BCUT2D eigenvalue weighted by Crippen LogP contribution is -2.37. The molecule has 0 saturated heterocycles. The van der Waals surface area contributed by atoms with Crippen LogP contribution in [-0.4, -0.2) is 44.1 Å². The van der Waals surface area contributed by atoms with Crippen LogP contribution < -0.4 is 15.7 Å². The van der Waals surface area contributed by atoms with Gasteiger partial charge in [-0.25, -0.2) is 4.79 Å². The maximum atomic E-state index is 12.2. The summed E-state index contributed by atoms with van der Waals surface area (Å²) < 4.78 is 11.3. The monoisotopic (exact) mass is 360 g/mol. The highest BCUT2D eigenvalue weighted by Crippen LogP contribution is 2.29. The first-order chi connectivity index (χ1) is 12.2. The Morgan fingerprint density at radius 2 is 1.88 bits per heavy atom. The van der Waals surface area contributed by atoms with E-state index in [9.17, 15) is 9.59 Å². The van der Waals surface area contributed by atoms with Gasteiger partial charge in [-0.1, -0.05) is 0 Å². The molecule has 26 heavy (non-hydrogen) atoms. The Morgan fingerprint density at radius 3 is 2.54 bits per heavy atom. The molecule has 1 atom stereocenters. The zero-order chi connectivity index (χ0) is 19.4. The van der Waals surface area contributed by atoms with E-state index in [1.807, 2.05) is 40.1 Å². The van der Waals surface area contributed by atoms with E-state index in [4.69, 9.17) is 9.15 Å². The predicted octanol–water partition coefficient (Wildman–Crippen LogP) is 2.55. The van der Waals surface area contributed by atoms with Crippen LogP contribution in [0.25, 0.3) is 11.0 Å². The Morgan fingerprint density at radius 1 is 1.19 bits per heavy atom. The van der Waals surface area contributed by atoms with Crippen LogP contribution in [0.3, 0.4) is 0 Å². The number of aryl methyl sites for hydroxylation is 2. The Balaban J connectivity index is 2.13. The van der Waals surface area contributed by atoms with Gasteiger partial charge in [-0.2, -0.15) is 0 Å². The zero-order valence-corrected chi connectivity index (χ0v) is 16.4. The van der Waals surface area contributed by atoms with Crippen LogP contribution in [0, 0.1) is 20.8 Å². The molecule has 0 saturated carbocycles. The molecule has 6 heteroatoms. The molecule has 1 unspecified atom stereocenters. The van der Waals surface area contributed by atoms with Crippen molar-refractivity contribution in [3.63, 3.8) is 0 Å². The molecule has 1 heterocycles. The van der Waals surface area contributed by atoms with E-state index in [0.717, 1.165) is 29.5 Å². The number of carbonyl (C=O) groups excluding carboxylic acids is 1. The van der Waals surface area contributed by atoms with E-state index in [0.29, 0.717) is 23.4 Å². The average Bonchev–Trinajstić information content (AvgIpc) is 2.59. The second-order valence-electron chi connectivity index (χ2n) is 6.91. The fourth-order valence-electron chi connectivity index (χ4n) is 2.75. The third-order valence-electron chi connectivity index (χ3n) is 4.58. The van der Waals surface area contributed by atoms with Gasteiger partial charge in [0.25, 0.3) is 5.91 Å². The van der Waals surface area contributed by atoms with Crippen molar-refractivity contribution in [1.29, 1.82) is 0 Å². The fourth-order valence-corrected chi connectivity index (χ4v) is 2.75. The molecule has 142 valence electrons. The first-order valence-corrected chi connectivity index (χ1v) is 8.85. The van der Waals surface area contributed by atoms with E-state index >= 15 is 0 Å². The largest absolute Gasteiger partial charge is 0.480 e. The SMILES string of the molecule is Cc1c(C)c2ccc(OC(C)C(=O)NCCCN(C)C)c(C)c2oc1=O. The van der Waals surface area contributed by atoms with Gasteiger partial charge in [0.2, 0.25) is 0 Å². The maximum absolute atomic E-state index is 12.2. The smallest absolute Gasteiger partial charge is 0.339 e. The summed E-state index contributed by atoms with van der Waals surface area (Å²) in [6, 6.07) is 3.69. The van der Waals surface area contributed by atoms with Gasteiger partial charge < -0.3 is 19.4 Å². The van der Waals surface area contributed by atoms with Crippen molar-refractivity contribution in [2.24, 2.45) is 0 Å². The standard InChI is InChI=1S/C20H28N2O4/c1-12-13(2)20(24)26-18-14(3)17(9-8-16(12)18)25-15(4)19(23)21-10-7-11-22(5)6/h8-9,15H,7,10-11H2,1-6H3,(H,21,23). The Hall–Kier alpha value is -2.34. The fraction of sp³-hybridized carbons (Fsp3) is 0.500. The summed E-state index contributed by atoms with van der Waals surface area (Å²) in [5.74, 6) is 0.379. The van der Waals surface area contributed by atoms with E-state index in [1.165, 1.54) is 0 Å². The quantitative estimate of drug-likeness (QED) is 0.607. The van der Waals surface area contributed by atoms with Gasteiger partial charge in [-0.3, -0.25) is 4.79 Å². The van der Waals surface area contributed by atoms with Crippen molar-refractivity contribution in [3.8, 4) is 5.75 Å². The van der Waals surface area contributed by atoms with E-state index in [1.54, 1.807) is 13.8 Å². The predicted molar refractivity (Wildman–Crippen MR) is 103 cm³/mol. The first-order valence-electron chi connectivity index (χ1n) is 8.85. The van der Waals surface area contributed by atoms with Crippen molar-refractivity contribution >= 4 is 16.9 Å². The zero-order valence-electron chi connectivity index (χ0n) is 16.4. The molecule has 0 bridgehead atoms. The van der Waals surface area contributed by atoms with Crippen molar-refractivity contribution in [3.05, 3.63) is 39.2 Å². The molecule has 0 aliphatic carbocycles. The minimum absolute atomic E-state index is 0.162. The van der Waals surface area contributed by atoms with Crippen molar-refractivity contribution < 1.29 is 13.9 Å². The summed E-state index contributed by atoms with van der Waals surface area (Å²) in [7, 11) is 4.00. The summed E-state index contributed by atoms with van der Waals surface area (Å²) in [5.41, 5.74) is 2.39. The molecule has 1 aromatic carbocycles. The molecule has 1 N–H and O–H groups in total. The van der Waals surface area contributed by atoms with Gasteiger partial charge in [0.1, 0.15) is 11.3 Å². The van der Waals surface area contributed by atoms with Crippen LogP contribution in [-0.2, 0) is 4.79 Å². The van der Waals surface area contributed by atoms with E-state index in [-0.39, 0.29) is 11.5 Å². The topological polar surface area (TPSA) is 71.8 Å². The molecule has 0 radical (unpaired) electrons. The molecule has 2 aromatic rings. The van der Waals surface area contributed by atoms with E-state index in [2.05, 4.69) is 10.2 Å². The number of fused-ring (bicyclic) bond motifs is 1. The highest BCUT2D eigenvalue weighted by Gasteiger charge is 2.18. The number of hydrogen-bond acceptors (Lipinski definition) is 5. The third-order valence-corrected chi connectivity index (χ3v) is 4.58. The normalized spacial score (nSPS) is 12.4. The minimum atomic E-state index is -0.635. The van der Waals surface area contributed by atoms with Crippen molar-refractivity contribution in [2.45, 2.75) is 40.2 Å². The van der Waals surface area contributed by atoms with Crippen molar-refractivity contribution in [1.82, 2.24) is 10.2 Å². The summed E-state index contributed by atoms with van der Waals surface area (Å²) in [4.78, 5) is 26.2. The number of benzene rings is 1. The number of carbonyl (C=O) groups is 1. The summed E-state index contributed by atoms with van der Waals surface area (Å²) in [6.07, 6.45) is 0.244. The lowest BCUT2D eigenvalue weighted by molar-refractivity contribution is -0.127. The Labute approximate surface area is 154 Å². The number of rotatable bonds is 7. The summed E-state index contributed by atoms with van der Waals surface area (Å²) in [6.45, 7) is 8.71. The molecular formula is C20H28N2O4. The molecule has 0 aliphatic rings. The van der Waals surface area contributed by atoms with Gasteiger partial charge in [0.05, 0.1) is 0 Å². The number of hydrogen-bond donors (Lipinski definition) is 1. The molecule has 0 fully saturated rings. The number of nitrogens with one attached hydrogen (secondary N) is 1. The lowest BCUT2D eigenvalue weighted by atomic mass is 10.0. The Bertz CT molecular complexity index is 855. The number of amides is 1. The van der Waals surface area contributed by atoms with Crippen LogP contribution in [0.4, 0.5) is 0 Å². The van der Waals surface area contributed by atoms with Crippen LogP contribution in [0.1, 0.15) is 30.0 Å². The Kier molecular flexibility index (Phi) is 6.42. The summed E-state index contributed by atoms with van der Waals surface area (Å²) in [5, 5.41) is 3.76. The second-order valence-corrected chi connectivity index (χ2v) is 6.91. The van der Waals surface area contributed by atoms with Gasteiger partial charge in [-0.05, 0) is 72.5 Å². The average molecular weight is 360 g/mol. The molecule has 1 aromatic heterocycles. The van der Waals surface area contributed by atoms with Crippen LogP contribution >= 0.6 is 0 Å². The van der Waals surface area contributed by atoms with E-state index < -0.39 is 6.10 Å². The lowest BCUT2D eigenvalue weighted by Gasteiger charge is -2.17. The van der Waals surface area contributed by atoms with Gasteiger partial charge in [0.15, 0.2) is 6.10 Å². The van der Waals surface area contributed by atoms with Gasteiger partial charge >= 0.3 is 5.63 Å². The highest BCUT2D eigenvalue weighted by atomic mass is 16.5. The minimum Gasteiger partial charge on any atom is -0.480 e. The summed E-state index contributed by atoms with van der Waals surface area (Å²) >= 11 is 0. The molecule has 6 nitrogen and oxygen atoms in total. The first kappa shape index (κ1) is 20.0. The molecule has 2 rings (SSSR count). The maximum Gasteiger partial charge on any atom is 0.339 e.